The molecule has 1 rings (SSSR count). The first-order chi connectivity index (χ1) is 9.84. The summed E-state index contributed by atoms with van der Waals surface area (Å²) < 4.78 is 27.2. The van der Waals surface area contributed by atoms with E-state index in [1.807, 2.05) is 31.2 Å². The normalized spacial score (nSPS) is 13.6. The Morgan fingerprint density at radius 2 is 1.71 bits per heavy atom. The third-order valence-electron chi connectivity index (χ3n) is 3.48. The molecule has 3 N–H and O–H groups in total. The SMILES string of the molecule is CC(C)CCCC(C)NS(=O)(=O)Cc1ccccc1CN. The van der Waals surface area contributed by atoms with Crippen LogP contribution in [-0.4, -0.2) is 14.5 Å². The van der Waals surface area contributed by atoms with E-state index in [1.165, 1.54) is 0 Å². The Kier molecular flexibility index (Phi) is 7.35. The van der Waals surface area contributed by atoms with Gasteiger partial charge in [0, 0.05) is 12.6 Å². The van der Waals surface area contributed by atoms with E-state index in [-0.39, 0.29) is 11.8 Å². The Morgan fingerprint density at radius 1 is 1.10 bits per heavy atom. The molecule has 0 aromatic heterocycles. The van der Waals surface area contributed by atoms with E-state index in [2.05, 4.69) is 18.6 Å². The standard InChI is InChI=1S/C16H28N2O2S/c1-13(2)7-6-8-14(3)18-21(19,20)12-16-10-5-4-9-15(16)11-17/h4-5,9-10,13-14,18H,6-8,11-12,17H2,1-3H3. The quantitative estimate of drug-likeness (QED) is 0.736. The van der Waals surface area contributed by atoms with Crippen LogP contribution in [0.25, 0.3) is 0 Å². The van der Waals surface area contributed by atoms with Crippen LogP contribution in [0, 0.1) is 5.92 Å². The Balaban J connectivity index is 2.57. The smallest absolute Gasteiger partial charge is 0.216 e. The second-order valence-corrected chi connectivity index (χ2v) is 7.83. The van der Waals surface area contributed by atoms with Crippen molar-refractivity contribution in [2.45, 2.75) is 58.4 Å². The van der Waals surface area contributed by atoms with Crippen molar-refractivity contribution in [2.75, 3.05) is 0 Å². The minimum atomic E-state index is -3.32. The highest BCUT2D eigenvalue weighted by molar-refractivity contribution is 7.88. The molecule has 0 spiro atoms. The van der Waals surface area contributed by atoms with E-state index in [1.54, 1.807) is 0 Å². The summed E-state index contributed by atoms with van der Waals surface area (Å²) in [5.41, 5.74) is 7.31. The monoisotopic (exact) mass is 312 g/mol. The molecule has 0 aliphatic carbocycles. The molecule has 120 valence electrons. The summed E-state index contributed by atoms with van der Waals surface area (Å²) in [7, 11) is -3.32. The fourth-order valence-electron chi connectivity index (χ4n) is 2.34. The molecule has 5 heteroatoms. The summed E-state index contributed by atoms with van der Waals surface area (Å²) in [5.74, 6) is 0.653. The van der Waals surface area contributed by atoms with Gasteiger partial charge in [0.15, 0.2) is 0 Å². The zero-order valence-electron chi connectivity index (χ0n) is 13.3. The number of nitrogens with two attached hydrogens (primary N) is 1. The molecule has 0 heterocycles. The molecule has 1 aromatic carbocycles. The lowest BCUT2D eigenvalue weighted by Gasteiger charge is -2.15. The van der Waals surface area contributed by atoms with E-state index in [9.17, 15) is 8.42 Å². The van der Waals surface area contributed by atoms with Gasteiger partial charge in [0.1, 0.15) is 0 Å². The van der Waals surface area contributed by atoms with Crippen molar-refractivity contribution in [3.8, 4) is 0 Å². The van der Waals surface area contributed by atoms with E-state index in [0.717, 1.165) is 30.4 Å². The average molecular weight is 312 g/mol. The Labute approximate surface area is 129 Å². The Morgan fingerprint density at radius 3 is 2.29 bits per heavy atom. The second kappa shape index (κ2) is 8.51. The molecule has 0 saturated carbocycles. The summed E-state index contributed by atoms with van der Waals surface area (Å²) in [6, 6.07) is 7.39. The third kappa shape index (κ3) is 7.07. The van der Waals surface area contributed by atoms with Crippen molar-refractivity contribution in [1.82, 2.24) is 4.72 Å². The molecular formula is C16H28N2O2S. The maximum Gasteiger partial charge on any atom is 0.216 e. The van der Waals surface area contributed by atoms with Crippen LogP contribution in [0.15, 0.2) is 24.3 Å². The average Bonchev–Trinajstić information content (AvgIpc) is 2.37. The topological polar surface area (TPSA) is 72.2 Å². The maximum atomic E-state index is 12.2. The Bertz CT molecular complexity index is 527. The lowest BCUT2D eigenvalue weighted by Crippen LogP contribution is -2.33. The molecule has 0 saturated heterocycles. The van der Waals surface area contributed by atoms with Crippen LogP contribution in [0.1, 0.15) is 51.2 Å². The molecule has 1 atom stereocenters. The molecule has 4 nitrogen and oxygen atoms in total. The van der Waals surface area contributed by atoms with Crippen molar-refractivity contribution in [3.05, 3.63) is 35.4 Å². The van der Waals surface area contributed by atoms with E-state index in [0.29, 0.717) is 12.5 Å². The summed E-state index contributed by atoms with van der Waals surface area (Å²) in [6.45, 7) is 6.64. The van der Waals surface area contributed by atoms with Gasteiger partial charge in [-0.15, -0.1) is 0 Å². The van der Waals surface area contributed by atoms with Crippen LogP contribution in [0.2, 0.25) is 0 Å². The fourth-order valence-corrected chi connectivity index (χ4v) is 3.85. The number of hydrogen-bond acceptors (Lipinski definition) is 3. The molecule has 0 aliphatic heterocycles. The molecule has 1 aromatic rings. The number of rotatable bonds is 9. The maximum absolute atomic E-state index is 12.2. The van der Waals surface area contributed by atoms with E-state index >= 15 is 0 Å². The van der Waals surface area contributed by atoms with Crippen molar-refractivity contribution >= 4 is 10.0 Å². The summed E-state index contributed by atoms with van der Waals surface area (Å²) in [6.07, 6.45) is 3.04. The predicted octanol–water partition coefficient (Wildman–Crippen LogP) is 2.78. The molecule has 0 fully saturated rings. The molecule has 0 bridgehead atoms. The largest absolute Gasteiger partial charge is 0.326 e. The second-order valence-electron chi connectivity index (χ2n) is 6.08. The van der Waals surface area contributed by atoms with Crippen LogP contribution in [0.3, 0.4) is 0 Å². The van der Waals surface area contributed by atoms with Gasteiger partial charge >= 0.3 is 0 Å². The van der Waals surface area contributed by atoms with Crippen molar-refractivity contribution in [2.24, 2.45) is 11.7 Å². The van der Waals surface area contributed by atoms with Gasteiger partial charge in [0.2, 0.25) is 10.0 Å². The molecule has 0 radical (unpaired) electrons. The highest BCUT2D eigenvalue weighted by atomic mass is 32.2. The number of hydrogen-bond donors (Lipinski definition) is 2. The van der Waals surface area contributed by atoms with Crippen LogP contribution in [0.4, 0.5) is 0 Å². The van der Waals surface area contributed by atoms with Crippen LogP contribution < -0.4 is 10.5 Å². The summed E-state index contributed by atoms with van der Waals surface area (Å²) >= 11 is 0. The van der Waals surface area contributed by atoms with Crippen LogP contribution >= 0.6 is 0 Å². The van der Waals surface area contributed by atoms with Gasteiger partial charge in [-0.2, -0.15) is 0 Å². The highest BCUT2D eigenvalue weighted by Gasteiger charge is 2.16. The van der Waals surface area contributed by atoms with E-state index < -0.39 is 10.0 Å². The number of benzene rings is 1. The van der Waals surface area contributed by atoms with Gasteiger partial charge < -0.3 is 5.73 Å². The van der Waals surface area contributed by atoms with Crippen LogP contribution in [-0.2, 0) is 22.3 Å². The van der Waals surface area contributed by atoms with E-state index in [4.69, 9.17) is 5.73 Å². The third-order valence-corrected chi connectivity index (χ3v) is 4.94. The zero-order valence-corrected chi connectivity index (χ0v) is 14.1. The molecule has 1 unspecified atom stereocenters. The summed E-state index contributed by atoms with van der Waals surface area (Å²) in [5, 5.41) is 0. The minimum absolute atomic E-state index is 0.00507. The first-order valence-electron chi connectivity index (χ1n) is 7.61. The minimum Gasteiger partial charge on any atom is -0.326 e. The van der Waals surface area contributed by atoms with Gasteiger partial charge in [-0.1, -0.05) is 51.0 Å². The van der Waals surface area contributed by atoms with Gasteiger partial charge in [-0.3, -0.25) is 0 Å². The molecule has 0 aliphatic rings. The highest BCUT2D eigenvalue weighted by Crippen LogP contribution is 2.13. The predicted molar refractivity (Wildman–Crippen MR) is 88.2 cm³/mol. The van der Waals surface area contributed by atoms with Gasteiger partial charge in [0.05, 0.1) is 5.75 Å². The van der Waals surface area contributed by atoms with Gasteiger partial charge in [-0.05, 0) is 30.4 Å². The number of nitrogens with one attached hydrogen (secondary N) is 1. The molecule has 21 heavy (non-hydrogen) atoms. The lowest BCUT2D eigenvalue weighted by atomic mass is 10.0. The first kappa shape index (κ1) is 18.1. The van der Waals surface area contributed by atoms with Gasteiger partial charge in [-0.25, -0.2) is 13.1 Å². The summed E-state index contributed by atoms with van der Waals surface area (Å²) in [4.78, 5) is 0. The lowest BCUT2D eigenvalue weighted by molar-refractivity contribution is 0.488. The van der Waals surface area contributed by atoms with Crippen molar-refractivity contribution in [1.29, 1.82) is 0 Å². The van der Waals surface area contributed by atoms with Gasteiger partial charge in [0.25, 0.3) is 0 Å². The van der Waals surface area contributed by atoms with Crippen LogP contribution in [0.5, 0.6) is 0 Å². The number of sulfonamides is 1. The zero-order chi connectivity index (χ0) is 15.9. The molecular weight excluding hydrogens is 284 g/mol. The Hall–Kier alpha value is -0.910. The fraction of sp³-hybridized carbons (Fsp3) is 0.625. The molecule has 0 amide bonds. The van der Waals surface area contributed by atoms with Crippen molar-refractivity contribution < 1.29 is 8.42 Å². The van der Waals surface area contributed by atoms with Crippen molar-refractivity contribution in [3.63, 3.8) is 0 Å². The first-order valence-corrected chi connectivity index (χ1v) is 9.26.